The SMILES string of the molecule is CC(C)(C)OC(=O)N1C[C@@H](N)C[C@H](c2cc(F)cc(F)c2)C1. The maximum absolute atomic E-state index is 13.4. The zero-order chi connectivity index (χ0) is 16.5. The molecule has 1 fully saturated rings. The Balaban J connectivity index is 2.15. The fraction of sp³-hybridized carbons (Fsp3) is 0.562. The van der Waals surface area contributed by atoms with E-state index in [1.54, 1.807) is 20.8 Å². The van der Waals surface area contributed by atoms with Crippen molar-refractivity contribution < 1.29 is 18.3 Å². The third kappa shape index (κ3) is 4.40. The molecule has 0 aliphatic carbocycles. The number of amides is 1. The van der Waals surface area contributed by atoms with Crippen LogP contribution in [-0.2, 0) is 4.74 Å². The third-order valence-electron chi connectivity index (χ3n) is 3.49. The second-order valence-corrected chi connectivity index (χ2v) is 6.78. The van der Waals surface area contributed by atoms with Gasteiger partial charge >= 0.3 is 6.09 Å². The lowest BCUT2D eigenvalue weighted by Gasteiger charge is -2.37. The average Bonchev–Trinajstić information content (AvgIpc) is 2.34. The Bertz CT molecular complexity index is 537. The topological polar surface area (TPSA) is 55.6 Å². The van der Waals surface area contributed by atoms with Gasteiger partial charge in [0.1, 0.15) is 17.2 Å². The number of hydrogen-bond acceptors (Lipinski definition) is 3. The smallest absolute Gasteiger partial charge is 0.410 e. The molecule has 2 N–H and O–H groups in total. The minimum atomic E-state index is -0.627. The zero-order valence-electron chi connectivity index (χ0n) is 13.1. The van der Waals surface area contributed by atoms with Crippen molar-refractivity contribution in [2.75, 3.05) is 13.1 Å². The van der Waals surface area contributed by atoms with Gasteiger partial charge in [0.05, 0.1) is 0 Å². The summed E-state index contributed by atoms with van der Waals surface area (Å²) in [4.78, 5) is 13.7. The Morgan fingerprint density at radius 3 is 2.36 bits per heavy atom. The van der Waals surface area contributed by atoms with E-state index in [0.29, 0.717) is 25.1 Å². The quantitative estimate of drug-likeness (QED) is 0.867. The van der Waals surface area contributed by atoms with E-state index < -0.39 is 23.3 Å². The molecule has 2 atom stereocenters. The van der Waals surface area contributed by atoms with E-state index in [0.717, 1.165) is 6.07 Å². The molecule has 0 spiro atoms. The summed E-state index contributed by atoms with van der Waals surface area (Å²) < 4.78 is 32.1. The van der Waals surface area contributed by atoms with E-state index in [9.17, 15) is 13.6 Å². The molecule has 1 heterocycles. The molecule has 122 valence electrons. The minimum Gasteiger partial charge on any atom is -0.444 e. The van der Waals surface area contributed by atoms with Crippen molar-refractivity contribution in [1.29, 1.82) is 0 Å². The van der Waals surface area contributed by atoms with Gasteiger partial charge in [-0.15, -0.1) is 0 Å². The van der Waals surface area contributed by atoms with Crippen molar-refractivity contribution in [3.8, 4) is 0 Å². The molecule has 1 aromatic carbocycles. The van der Waals surface area contributed by atoms with Crippen LogP contribution in [0.25, 0.3) is 0 Å². The summed E-state index contributed by atoms with van der Waals surface area (Å²) in [5.74, 6) is -1.46. The molecule has 22 heavy (non-hydrogen) atoms. The first-order valence-corrected chi connectivity index (χ1v) is 7.33. The molecule has 0 bridgehead atoms. The number of halogens is 2. The monoisotopic (exact) mass is 312 g/mol. The highest BCUT2D eigenvalue weighted by molar-refractivity contribution is 5.68. The Labute approximate surface area is 129 Å². The summed E-state index contributed by atoms with van der Waals surface area (Å²) in [5.41, 5.74) is 5.91. The third-order valence-corrected chi connectivity index (χ3v) is 3.49. The zero-order valence-corrected chi connectivity index (χ0v) is 13.1. The minimum absolute atomic E-state index is 0.207. The molecule has 0 radical (unpaired) electrons. The first-order chi connectivity index (χ1) is 10.1. The van der Waals surface area contributed by atoms with Gasteiger partial charge in [-0.25, -0.2) is 13.6 Å². The number of carbonyl (C=O) groups is 1. The van der Waals surface area contributed by atoms with Crippen LogP contribution in [0.15, 0.2) is 18.2 Å². The van der Waals surface area contributed by atoms with Crippen molar-refractivity contribution in [3.05, 3.63) is 35.4 Å². The van der Waals surface area contributed by atoms with Crippen molar-refractivity contribution >= 4 is 6.09 Å². The van der Waals surface area contributed by atoms with Crippen molar-refractivity contribution in [2.45, 2.75) is 44.8 Å². The van der Waals surface area contributed by atoms with E-state index in [1.807, 2.05) is 0 Å². The Morgan fingerprint density at radius 1 is 1.23 bits per heavy atom. The summed E-state index contributed by atoms with van der Waals surface area (Å²) in [7, 11) is 0. The number of nitrogens with zero attached hydrogens (tertiary/aromatic N) is 1. The van der Waals surface area contributed by atoms with Crippen LogP contribution in [0.5, 0.6) is 0 Å². The standard InChI is InChI=1S/C16H22F2N2O2/c1-16(2,3)22-15(21)20-8-11(6-14(19)9-20)10-4-12(17)7-13(18)5-10/h4-5,7,11,14H,6,8-9,19H2,1-3H3/t11-,14-/m0/s1. The van der Waals surface area contributed by atoms with Crippen LogP contribution >= 0.6 is 0 Å². The molecule has 1 saturated heterocycles. The number of benzene rings is 1. The average molecular weight is 312 g/mol. The predicted octanol–water partition coefficient (Wildman–Crippen LogP) is 3.02. The fourth-order valence-corrected chi connectivity index (χ4v) is 2.67. The highest BCUT2D eigenvalue weighted by Crippen LogP contribution is 2.28. The van der Waals surface area contributed by atoms with Crippen LogP contribution in [0, 0.1) is 11.6 Å². The van der Waals surface area contributed by atoms with E-state index >= 15 is 0 Å². The number of hydrogen-bond donors (Lipinski definition) is 1. The lowest BCUT2D eigenvalue weighted by molar-refractivity contribution is 0.0180. The van der Waals surface area contributed by atoms with Crippen LogP contribution in [0.2, 0.25) is 0 Å². The molecule has 1 aliphatic heterocycles. The first-order valence-electron chi connectivity index (χ1n) is 7.33. The van der Waals surface area contributed by atoms with Gasteiger partial charge in [0.15, 0.2) is 0 Å². The van der Waals surface area contributed by atoms with Gasteiger partial charge < -0.3 is 15.4 Å². The number of likely N-dealkylation sites (tertiary alicyclic amines) is 1. The van der Waals surface area contributed by atoms with Gasteiger partial charge in [-0.1, -0.05) is 0 Å². The van der Waals surface area contributed by atoms with E-state index in [2.05, 4.69) is 0 Å². The van der Waals surface area contributed by atoms with Crippen molar-refractivity contribution in [3.63, 3.8) is 0 Å². The van der Waals surface area contributed by atoms with Crippen LogP contribution in [0.4, 0.5) is 13.6 Å². The summed E-state index contributed by atoms with van der Waals surface area (Å²) in [6.07, 6.45) is 0.117. The molecule has 1 aliphatic rings. The highest BCUT2D eigenvalue weighted by Gasteiger charge is 2.32. The number of piperidine rings is 1. The molecule has 1 aromatic rings. The van der Waals surface area contributed by atoms with Gasteiger partial charge in [0, 0.05) is 31.1 Å². The Morgan fingerprint density at radius 2 is 1.82 bits per heavy atom. The maximum Gasteiger partial charge on any atom is 0.410 e. The largest absolute Gasteiger partial charge is 0.444 e. The molecule has 0 unspecified atom stereocenters. The molecular weight excluding hydrogens is 290 g/mol. The number of nitrogens with two attached hydrogens (primary N) is 1. The summed E-state index contributed by atoms with van der Waals surface area (Å²) in [6.45, 7) is 6.07. The predicted molar refractivity (Wildman–Crippen MR) is 79.5 cm³/mol. The number of carbonyl (C=O) groups excluding carboxylic acids is 1. The fourth-order valence-electron chi connectivity index (χ4n) is 2.67. The van der Waals surface area contributed by atoms with Gasteiger partial charge in [-0.2, -0.15) is 0 Å². The second kappa shape index (κ2) is 6.20. The molecule has 0 aromatic heterocycles. The Kier molecular flexibility index (Phi) is 4.70. The molecular formula is C16H22F2N2O2. The Hall–Kier alpha value is -1.69. The second-order valence-electron chi connectivity index (χ2n) is 6.78. The van der Waals surface area contributed by atoms with Gasteiger partial charge in [0.2, 0.25) is 0 Å². The summed E-state index contributed by atoms with van der Waals surface area (Å²) >= 11 is 0. The van der Waals surface area contributed by atoms with E-state index in [4.69, 9.17) is 10.5 Å². The van der Waals surface area contributed by atoms with Crippen molar-refractivity contribution in [2.24, 2.45) is 5.73 Å². The lowest BCUT2D eigenvalue weighted by Crippen LogP contribution is -2.50. The van der Waals surface area contributed by atoms with Gasteiger partial charge in [-0.3, -0.25) is 0 Å². The van der Waals surface area contributed by atoms with Crippen LogP contribution in [0.1, 0.15) is 38.7 Å². The normalized spacial score (nSPS) is 22.5. The van der Waals surface area contributed by atoms with Crippen LogP contribution in [-0.4, -0.2) is 35.7 Å². The van der Waals surface area contributed by atoms with Gasteiger partial charge in [0.25, 0.3) is 0 Å². The molecule has 0 saturated carbocycles. The van der Waals surface area contributed by atoms with E-state index in [1.165, 1.54) is 17.0 Å². The van der Waals surface area contributed by atoms with E-state index in [-0.39, 0.29) is 12.0 Å². The van der Waals surface area contributed by atoms with Gasteiger partial charge in [-0.05, 0) is 44.9 Å². The molecule has 4 nitrogen and oxygen atoms in total. The van der Waals surface area contributed by atoms with Crippen LogP contribution in [0.3, 0.4) is 0 Å². The summed E-state index contributed by atoms with van der Waals surface area (Å²) in [5, 5.41) is 0. The molecule has 6 heteroatoms. The number of rotatable bonds is 1. The molecule has 2 rings (SSSR count). The summed E-state index contributed by atoms with van der Waals surface area (Å²) in [6, 6.07) is 3.16. The van der Waals surface area contributed by atoms with Crippen LogP contribution < -0.4 is 5.73 Å². The number of ether oxygens (including phenoxy) is 1. The maximum atomic E-state index is 13.4. The first kappa shape index (κ1) is 16.7. The lowest BCUT2D eigenvalue weighted by atomic mass is 9.88. The molecule has 1 amide bonds. The van der Waals surface area contributed by atoms with Crippen molar-refractivity contribution in [1.82, 2.24) is 4.90 Å². The highest BCUT2D eigenvalue weighted by atomic mass is 19.1.